The first-order valence-corrected chi connectivity index (χ1v) is 12.2. The Labute approximate surface area is 150 Å². The fraction of sp³-hybridized carbons (Fsp3) is 0.500. The Morgan fingerprint density at radius 3 is 2.82 bits per heavy atom. The van der Waals surface area contributed by atoms with Gasteiger partial charge < -0.3 is 9.05 Å². The van der Waals surface area contributed by atoms with Gasteiger partial charge in [-0.3, -0.25) is 0 Å². The summed E-state index contributed by atoms with van der Waals surface area (Å²) in [6.45, 7) is 8.50. The first kappa shape index (κ1) is 17.0. The molecule has 1 aromatic carbocycles. The van der Waals surface area contributed by atoms with E-state index in [9.17, 15) is 0 Å². The van der Waals surface area contributed by atoms with E-state index in [0.717, 1.165) is 23.1 Å². The fourth-order valence-corrected chi connectivity index (χ4v) is 10.6. The van der Waals surface area contributed by atoms with Crippen LogP contribution in [0.1, 0.15) is 33.1 Å². The summed E-state index contributed by atoms with van der Waals surface area (Å²) >= 11 is 11.0. The van der Waals surface area contributed by atoms with Crippen LogP contribution in [0.3, 0.4) is 0 Å². The molecule has 1 aliphatic carbocycles. The van der Waals surface area contributed by atoms with Crippen LogP contribution >= 0.6 is 33.0 Å². The van der Waals surface area contributed by atoms with Crippen molar-refractivity contribution in [2.75, 3.05) is 0 Å². The van der Waals surface area contributed by atoms with Crippen molar-refractivity contribution in [3.8, 4) is 5.75 Å². The maximum atomic E-state index is 6.28. The number of allylic oxidation sites excluding steroid dienone is 1. The highest BCUT2D eigenvalue weighted by atomic mass is 79.9. The maximum Gasteiger partial charge on any atom is 0.298 e. The predicted octanol–water partition coefficient (Wildman–Crippen LogP) is 6.32. The molecule has 1 heterocycles. The highest BCUT2D eigenvalue weighted by Gasteiger charge is 2.53. The zero-order valence-corrected chi connectivity index (χ0v) is 16.9. The lowest BCUT2D eigenvalue weighted by atomic mass is 9.77. The van der Waals surface area contributed by atoms with Crippen molar-refractivity contribution in [3.63, 3.8) is 0 Å². The molecule has 1 aliphatic heterocycles. The van der Waals surface area contributed by atoms with Crippen LogP contribution in [-0.4, -0.2) is 10.9 Å². The van der Waals surface area contributed by atoms with E-state index in [0.29, 0.717) is 5.92 Å². The van der Waals surface area contributed by atoms with Crippen molar-refractivity contribution >= 4 is 44.8 Å². The Kier molecular flexibility index (Phi) is 4.84. The van der Waals surface area contributed by atoms with Gasteiger partial charge in [0.05, 0.1) is 10.9 Å². The Bertz CT molecular complexity index is 634. The largest absolute Gasteiger partial charge is 0.436 e. The first-order valence-electron chi connectivity index (χ1n) is 7.39. The van der Waals surface area contributed by atoms with Crippen molar-refractivity contribution in [1.82, 2.24) is 0 Å². The molecule has 3 rings (SSSR count). The second-order valence-corrected chi connectivity index (χ2v) is 13.8. The average Bonchev–Trinajstić information content (AvgIpc) is 2.70. The number of halogens is 1. The fourth-order valence-electron chi connectivity index (χ4n) is 3.05. The number of benzene rings is 1. The summed E-state index contributed by atoms with van der Waals surface area (Å²) in [5.74, 6) is 1.34. The molecule has 0 N–H and O–H groups in total. The highest BCUT2D eigenvalue weighted by Crippen LogP contribution is 2.74. The first-order chi connectivity index (χ1) is 10.3. The van der Waals surface area contributed by atoms with Crippen LogP contribution in [0, 0.1) is 5.92 Å². The van der Waals surface area contributed by atoms with Gasteiger partial charge in [-0.1, -0.05) is 28.1 Å². The van der Waals surface area contributed by atoms with Gasteiger partial charge in [0.1, 0.15) is 5.75 Å². The topological polar surface area (TPSA) is 18.5 Å². The smallest absolute Gasteiger partial charge is 0.298 e. The van der Waals surface area contributed by atoms with E-state index in [2.05, 4.69) is 36.4 Å². The van der Waals surface area contributed by atoms with Gasteiger partial charge in [-0.25, -0.2) is 0 Å². The minimum absolute atomic E-state index is 0.0802. The summed E-state index contributed by atoms with van der Waals surface area (Å²) in [6, 6.07) is 7.79. The molecule has 22 heavy (non-hydrogen) atoms. The number of hydrogen-bond acceptors (Lipinski definition) is 4. The van der Waals surface area contributed by atoms with Gasteiger partial charge in [-0.15, -0.1) is 0 Å². The van der Waals surface area contributed by atoms with Crippen LogP contribution in [0.5, 0.6) is 5.75 Å². The van der Waals surface area contributed by atoms with Crippen LogP contribution < -0.4 is 4.52 Å². The lowest BCUT2D eigenvalue weighted by molar-refractivity contribution is 0.119. The summed E-state index contributed by atoms with van der Waals surface area (Å²) in [6.07, 6.45) is 3.48. The molecule has 2 aliphatic rings. The summed E-state index contributed by atoms with van der Waals surface area (Å²) in [5, 5.41) is 0. The van der Waals surface area contributed by atoms with Crippen LogP contribution in [0.4, 0.5) is 0 Å². The third-order valence-electron chi connectivity index (χ3n) is 4.47. The van der Waals surface area contributed by atoms with Crippen LogP contribution in [0.2, 0.25) is 0 Å². The Morgan fingerprint density at radius 2 is 2.18 bits per heavy atom. The van der Waals surface area contributed by atoms with Crippen LogP contribution in [-0.2, 0) is 16.3 Å². The second kappa shape index (κ2) is 6.25. The lowest BCUT2D eigenvalue weighted by Gasteiger charge is -2.37. The molecule has 6 heteroatoms. The maximum absolute atomic E-state index is 6.28. The van der Waals surface area contributed by atoms with Gasteiger partial charge in [0, 0.05) is 4.47 Å². The molecule has 0 aromatic heterocycles. The third-order valence-corrected chi connectivity index (χ3v) is 10.6. The van der Waals surface area contributed by atoms with Gasteiger partial charge in [-0.05, 0) is 86.5 Å². The molecule has 1 aromatic rings. The Hall–Kier alpha value is 0.200. The van der Waals surface area contributed by atoms with Crippen LogP contribution in [0.25, 0.3) is 0 Å². The normalized spacial score (nSPS) is 37.6. The minimum Gasteiger partial charge on any atom is -0.436 e. The second-order valence-electron chi connectivity index (χ2n) is 6.31. The van der Waals surface area contributed by atoms with Crippen molar-refractivity contribution in [1.29, 1.82) is 0 Å². The number of hydrogen-bond donors (Lipinski definition) is 0. The van der Waals surface area contributed by atoms with Gasteiger partial charge in [0.2, 0.25) is 0 Å². The van der Waals surface area contributed by atoms with Crippen molar-refractivity contribution in [3.05, 3.63) is 40.9 Å². The standard InChI is InChI=1S/C16H20BrO2PS2/c1-11(2)12-8-9-16(3)15(10-12)19-20(21,22-16)18-14-6-4-13(17)5-7-14/h4-7,12,15H,1,8-10H2,2-3H3/t12-,15-,16+,20?/m0/s1. The van der Waals surface area contributed by atoms with Crippen LogP contribution in [0.15, 0.2) is 40.9 Å². The highest BCUT2D eigenvalue weighted by molar-refractivity contribution is 9.10. The van der Waals surface area contributed by atoms with Crippen molar-refractivity contribution < 1.29 is 9.05 Å². The van der Waals surface area contributed by atoms with E-state index in [1.54, 1.807) is 11.4 Å². The summed E-state index contributed by atoms with van der Waals surface area (Å²) in [5.41, 5.74) is -1.08. The molecule has 1 saturated carbocycles. The van der Waals surface area contributed by atoms with Crippen molar-refractivity contribution in [2.24, 2.45) is 5.92 Å². The average molecular weight is 419 g/mol. The van der Waals surface area contributed by atoms with Gasteiger partial charge >= 0.3 is 0 Å². The molecule has 120 valence electrons. The lowest BCUT2D eigenvalue weighted by Crippen LogP contribution is -2.39. The van der Waals surface area contributed by atoms with E-state index in [4.69, 9.17) is 20.9 Å². The molecule has 0 bridgehead atoms. The molecule has 2 nitrogen and oxygen atoms in total. The molecule has 0 amide bonds. The molecule has 2 fully saturated rings. The predicted molar refractivity (Wildman–Crippen MR) is 102 cm³/mol. The SMILES string of the molecule is C=C(C)[C@H]1CC[C@@]2(C)SP(=S)(Oc3ccc(Br)cc3)O[C@H]2C1. The van der Waals surface area contributed by atoms with E-state index in [-0.39, 0.29) is 10.9 Å². The van der Waals surface area contributed by atoms with E-state index >= 15 is 0 Å². The number of rotatable bonds is 3. The Balaban J connectivity index is 1.76. The monoisotopic (exact) mass is 418 g/mol. The van der Waals surface area contributed by atoms with Crippen molar-refractivity contribution in [2.45, 2.75) is 44.0 Å². The Morgan fingerprint density at radius 1 is 1.50 bits per heavy atom. The minimum atomic E-state index is -2.33. The zero-order valence-electron chi connectivity index (χ0n) is 12.8. The summed E-state index contributed by atoms with van der Waals surface area (Å²) in [4.78, 5) is 0. The van der Waals surface area contributed by atoms with E-state index < -0.39 is 5.69 Å². The van der Waals surface area contributed by atoms with Gasteiger partial charge in [0.15, 0.2) is 0 Å². The zero-order chi connectivity index (χ0) is 16.0. The number of fused-ring (bicyclic) bond motifs is 1. The molecular weight excluding hydrogens is 399 g/mol. The van der Waals surface area contributed by atoms with Gasteiger partial charge in [-0.2, -0.15) is 0 Å². The van der Waals surface area contributed by atoms with Gasteiger partial charge in [0.25, 0.3) is 5.69 Å². The molecule has 4 atom stereocenters. The molecular formula is C16H20BrO2PS2. The third kappa shape index (κ3) is 3.49. The quantitative estimate of drug-likeness (QED) is 0.422. The van der Waals surface area contributed by atoms with E-state index in [1.807, 2.05) is 24.3 Å². The summed E-state index contributed by atoms with van der Waals surface area (Å²) < 4.78 is 13.5. The molecule has 1 unspecified atom stereocenters. The molecule has 1 saturated heterocycles. The molecule has 0 radical (unpaired) electrons. The van der Waals surface area contributed by atoms with E-state index in [1.165, 1.54) is 12.0 Å². The summed E-state index contributed by atoms with van der Waals surface area (Å²) in [7, 11) is 0. The molecule has 0 spiro atoms.